The van der Waals surface area contributed by atoms with Crippen molar-refractivity contribution in [1.29, 1.82) is 0 Å². The molecule has 236 valence electrons. The van der Waals surface area contributed by atoms with Crippen molar-refractivity contribution >= 4 is 12.1 Å². The van der Waals surface area contributed by atoms with E-state index in [-0.39, 0.29) is 19.2 Å². The lowest BCUT2D eigenvalue weighted by molar-refractivity contribution is -0.147. The number of aryl methyl sites for hydroxylation is 1. The van der Waals surface area contributed by atoms with Crippen LogP contribution in [0.4, 0.5) is 4.79 Å². The van der Waals surface area contributed by atoms with Gasteiger partial charge in [-0.15, -0.1) is 0 Å². The SMILES string of the molecule is CCOC(=O)[C@@H](CCc1ccccc1)n1c([C@@H](Cc2ccccc2)NC(=O)OCc2ccccc2)nc(Cc2ccccc2)c1C. The first kappa shape index (κ1) is 32.2. The van der Waals surface area contributed by atoms with Gasteiger partial charge in [0.1, 0.15) is 18.5 Å². The minimum Gasteiger partial charge on any atom is -0.464 e. The van der Waals surface area contributed by atoms with Gasteiger partial charge in [0.25, 0.3) is 0 Å². The number of benzene rings is 4. The topological polar surface area (TPSA) is 82.5 Å². The Hall–Kier alpha value is -5.17. The first-order valence-electron chi connectivity index (χ1n) is 15.8. The molecular formula is C39H41N3O4. The van der Waals surface area contributed by atoms with Crippen LogP contribution in [-0.2, 0) is 40.1 Å². The number of hydrogen-bond donors (Lipinski definition) is 1. The zero-order valence-corrected chi connectivity index (χ0v) is 26.5. The molecule has 0 bridgehead atoms. The Kier molecular flexibility index (Phi) is 11.4. The molecule has 5 rings (SSSR count). The molecule has 7 nitrogen and oxygen atoms in total. The van der Waals surface area contributed by atoms with E-state index in [1.54, 1.807) is 0 Å². The summed E-state index contributed by atoms with van der Waals surface area (Å²) in [6.45, 7) is 4.21. The summed E-state index contributed by atoms with van der Waals surface area (Å²) in [5.41, 5.74) is 5.85. The summed E-state index contributed by atoms with van der Waals surface area (Å²) >= 11 is 0. The van der Waals surface area contributed by atoms with E-state index < -0.39 is 18.2 Å². The van der Waals surface area contributed by atoms with Crippen molar-refractivity contribution in [2.75, 3.05) is 6.61 Å². The number of amides is 1. The van der Waals surface area contributed by atoms with Gasteiger partial charge in [-0.1, -0.05) is 121 Å². The highest BCUT2D eigenvalue weighted by Crippen LogP contribution is 2.30. The molecule has 0 aliphatic rings. The molecule has 0 fully saturated rings. The van der Waals surface area contributed by atoms with Crippen molar-refractivity contribution in [2.24, 2.45) is 0 Å². The average molecular weight is 616 g/mol. The van der Waals surface area contributed by atoms with Crippen LogP contribution < -0.4 is 5.32 Å². The standard InChI is InChI=1S/C39H41N3O4/c1-3-45-38(43)36(25-24-30-16-8-4-9-17-30)42-29(2)34(26-31-18-10-5-11-19-31)40-37(42)35(27-32-20-12-6-13-21-32)41-39(44)46-28-33-22-14-7-15-23-33/h4-23,35-36H,3,24-28H2,1-2H3,(H,41,44)/t35-,36-/m1/s1. The highest BCUT2D eigenvalue weighted by Gasteiger charge is 2.32. The number of carbonyl (C=O) groups excluding carboxylic acids is 2. The van der Waals surface area contributed by atoms with Crippen molar-refractivity contribution in [2.45, 2.75) is 58.2 Å². The third kappa shape index (κ3) is 8.72. The molecule has 1 N–H and O–H groups in total. The van der Waals surface area contributed by atoms with Gasteiger partial charge in [0.2, 0.25) is 0 Å². The van der Waals surface area contributed by atoms with Crippen LogP contribution in [0.3, 0.4) is 0 Å². The Labute approximate surface area is 271 Å². The molecule has 4 aromatic carbocycles. The molecule has 46 heavy (non-hydrogen) atoms. The minimum absolute atomic E-state index is 0.139. The summed E-state index contributed by atoms with van der Waals surface area (Å²) in [5, 5.41) is 3.10. The minimum atomic E-state index is -0.646. The molecule has 1 aromatic heterocycles. The number of aromatic nitrogens is 2. The fraction of sp³-hybridized carbons (Fsp3) is 0.256. The van der Waals surface area contributed by atoms with Crippen molar-refractivity contribution in [3.8, 4) is 0 Å². The molecule has 0 saturated heterocycles. The van der Waals surface area contributed by atoms with Gasteiger partial charge in [0.15, 0.2) is 0 Å². The highest BCUT2D eigenvalue weighted by molar-refractivity contribution is 5.75. The van der Waals surface area contributed by atoms with Gasteiger partial charge in [0.05, 0.1) is 18.3 Å². The maximum atomic E-state index is 13.7. The number of carbonyl (C=O) groups is 2. The van der Waals surface area contributed by atoms with Gasteiger partial charge >= 0.3 is 12.1 Å². The number of rotatable bonds is 14. The fourth-order valence-corrected chi connectivity index (χ4v) is 5.68. The first-order chi connectivity index (χ1) is 22.5. The van der Waals surface area contributed by atoms with Crippen molar-refractivity contribution < 1.29 is 19.1 Å². The van der Waals surface area contributed by atoms with E-state index in [1.165, 1.54) is 0 Å². The van der Waals surface area contributed by atoms with Crippen LogP contribution in [0, 0.1) is 6.92 Å². The van der Waals surface area contributed by atoms with Crippen LogP contribution in [-0.4, -0.2) is 28.2 Å². The lowest BCUT2D eigenvalue weighted by Gasteiger charge is -2.25. The molecule has 0 aliphatic heterocycles. The first-order valence-corrected chi connectivity index (χ1v) is 15.8. The molecule has 5 aromatic rings. The zero-order chi connectivity index (χ0) is 32.1. The zero-order valence-electron chi connectivity index (χ0n) is 26.5. The summed E-state index contributed by atoms with van der Waals surface area (Å²) in [7, 11) is 0. The fourth-order valence-electron chi connectivity index (χ4n) is 5.68. The Morgan fingerprint density at radius 1 is 0.739 bits per heavy atom. The lowest BCUT2D eigenvalue weighted by Crippen LogP contribution is -2.34. The molecule has 0 radical (unpaired) electrons. The van der Waals surface area contributed by atoms with Crippen molar-refractivity contribution in [3.63, 3.8) is 0 Å². The number of imidazole rings is 1. The number of nitrogens with zero attached hydrogens (tertiary/aromatic N) is 2. The van der Waals surface area contributed by atoms with Crippen LogP contribution >= 0.6 is 0 Å². The Morgan fingerprint density at radius 3 is 1.87 bits per heavy atom. The van der Waals surface area contributed by atoms with E-state index in [0.717, 1.165) is 33.6 Å². The molecule has 1 amide bonds. The maximum absolute atomic E-state index is 13.7. The van der Waals surface area contributed by atoms with E-state index in [4.69, 9.17) is 14.5 Å². The number of esters is 1. The van der Waals surface area contributed by atoms with Crippen LogP contribution in [0.25, 0.3) is 0 Å². The summed E-state index contributed by atoms with van der Waals surface area (Å²) in [4.78, 5) is 32.2. The van der Waals surface area contributed by atoms with E-state index in [9.17, 15) is 9.59 Å². The summed E-state index contributed by atoms with van der Waals surface area (Å²) < 4.78 is 13.3. The quantitative estimate of drug-likeness (QED) is 0.129. The average Bonchev–Trinajstić information content (AvgIpc) is 3.40. The number of nitrogens with one attached hydrogen (secondary N) is 1. The second-order valence-electron chi connectivity index (χ2n) is 11.3. The van der Waals surface area contributed by atoms with Gasteiger partial charge in [-0.25, -0.2) is 14.6 Å². The van der Waals surface area contributed by atoms with E-state index in [1.807, 2.05) is 115 Å². The van der Waals surface area contributed by atoms with E-state index in [0.29, 0.717) is 31.5 Å². The van der Waals surface area contributed by atoms with Crippen LogP contribution in [0.2, 0.25) is 0 Å². The van der Waals surface area contributed by atoms with Gasteiger partial charge in [-0.3, -0.25) is 0 Å². The molecule has 0 saturated carbocycles. The largest absolute Gasteiger partial charge is 0.464 e. The second-order valence-corrected chi connectivity index (χ2v) is 11.3. The summed E-state index contributed by atoms with van der Waals surface area (Å²) in [6, 6.07) is 38.5. The van der Waals surface area contributed by atoms with Crippen LogP contribution in [0.15, 0.2) is 121 Å². The second kappa shape index (κ2) is 16.2. The van der Waals surface area contributed by atoms with Gasteiger partial charge in [-0.2, -0.15) is 0 Å². The predicted molar refractivity (Wildman–Crippen MR) is 179 cm³/mol. The predicted octanol–water partition coefficient (Wildman–Crippen LogP) is 7.73. The van der Waals surface area contributed by atoms with Crippen LogP contribution in [0.5, 0.6) is 0 Å². The molecule has 2 atom stereocenters. The van der Waals surface area contributed by atoms with Crippen LogP contribution in [0.1, 0.15) is 64.9 Å². The summed E-state index contributed by atoms with van der Waals surface area (Å²) in [6.07, 6.45) is 1.66. The summed E-state index contributed by atoms with van der Waals surface area (Å²) in [5.74, 6) is 0.270. The highest BCUT2D eigenvalue weighted by atomic mass is 16.5. The van der Waals surface area contributed by atoms with Gasteiger partial charge < -0.3 is 19.4 Å². The molecule has 0 spiro atoms. The molecular weight excluding hydrogens is 574 g/mol. The Morgan fingerprint density at radius 2 is 1.28 bits per heavy atom. The molecule has 0 unspecified atom stereocenters. The maximum Gasteiger partial charge on any atom is 0.408 e. The van der Waals surface area contributed by atoms with Gasteiger partial charge in [0, 0.05) is 18.5 Å². The normalized spacial score (nSPS) is 12.2. The number of hydrogen-bond acceptors (Lipinski definition) is 5. The van der Waals surface area contributed by atoms with Crippen molar-refractivity contribution in [3.05, 3.63) is 161 Å². The number of alkyl carbamates (subject to hydrolysis) is 1. The third-order valence-electron chi connectivity index (χ3n) is 8.01. The smallest absolute Gasteiger partial charge is 0.408 e. The number of ether oxygens (including phenoxy) is 2. The lowest BCUT2D eigenvalue weighted by atomic mass is 10.0. The monoisotopic (exact) mass is 615 g/mol. The Balaban J connectivity index is 1.55. The molecule has 7 heteroatoms. The molecule has 1 heterocycles. The van der Waals surface area contributed by atoms with E-state index in [2.05, 4.69) is 29.6 Å². The third-order valence-corrected chi connectivity index (χ3v) is 8.01. The van der Waals surface area contributed by atoms with Crippen molar-refractivity contribution in [1.82, 2.24) is 14.9 Å². The van der Waals surface area contributed by atoms with Gasteiger partial charge in [-0.05, 0) is 48.9 Å². The molecule has 0 aliphatic carbocycles. The Bertz CT molecular complexity index is 1670. The van der Waals surface area contributed by atoms with E-state index >= 15 is 0 Å².